The Morgan fingerprint density at radius 3 is 2.46 bits per heavy atom. The van der Waals surface area contributed by atoms with E-state index in [1.54, 1.807) is 12.1 Å². The molecule has 26 heavy (non-hydrogen) atoms. The zero-order valence-corrected chi connectivity index (χ0v) is 15.2. The van der Waals surface area contributed by atoms with Gasteiger partial charge >= 0.3 is 0 Å². The summed E-state index contributed by atoms with van der Waals surface area (Å²) in [4.78, 5) is 16.4. The molecule has 1 N–H and O–H groups in total. The van der Waals surface area contributed by atoms with Gasteiger partial charge in [0.2, 0.25) is 5.91 Å². The summed E-state index contributed by atoms with van der Waals surface area (Å²) in [6, 6.07) is 6.88. The van der Waals surface area contributed by atoms with Crippen molar-refractivity contribution in [1.82, 2.24) is 10.2 Å². The minimum atomic E-state index is -0.358. The Morgan fingerprint density at radius 2 is 1.85 bits per heavy atom. The van der Waals surface area contributed by atoms with Crippen LogP contribution in [-0.4, -0.2) is 49.6 Å². The van der Waals surface area contributed by atoms with Gasteiger partial charge in [-0.05, 0) is 31.0 Å². The summed E-state index contributed by atoms with van der Waals surface area (Å²) in [5, 5.41) is 12.0. The second-order valence-corrected chi connectivity index (χ2v) is 7.30. The zero-order valence-electron chi connectivity index (χ0n) is 15.2. The van der Waals surface area contributed by atoms with Crippen LogP contribution in [0.15, 0.2) is 18.2 Å². The molecule has 1 saturated heterocycles. The van der Waals surface area contributed by atoms with E-state index >= 15 is 0 Å². The minimum Gasteiger partial charge on any atom is -0.367 e. The highest BCUT2D eigenvalue weighted by molar-refractivity contribution is 5.78. The summed E-state index contributed by atoms with van der Waals surface area (Å²) in [7, 11) is 0. The van der Waals surface area contributed by atoms with Crippen molar-refractivity contribution in [2.45, 2.75) is 44.6 Å². The van der Waals surface area contributed by atoms with Crippen molar-refractivity contribution in [3.63, 3.8) is 0 Å². The molecule has 0 radical (unpaired) electrons. The van der Waals surface area contributed by atoms with Crippen LogP contribution in [0.4, 0.5) is 10.1 Å². The third-order valence-electron chi connectivity index (χ3n) is 5.38. The molecule has 140 valence electrons. The number of anilines is 1. The first-order chi connectivity index (χ1) is 12.7. The summed E-state index contributed by atoms with van der Waals surface area (Å²) >= 11 is 0. The Kier molecular flexibility index (Phi) is 6.45. The van der Waals surface area contributed by atoms with E-state index in [0.717, 1.165) is 25.9 Å². The van der Waals surface area contributed by atoms with Crippen molar-refractivity contribution in [2.75, 3.05) is 37.6 Å². The van der Waals surface area contributed by atoms with E-state index in [0.29, 0.717) is 36.9 Å². The molecule has 0 unspecified atom stereocenters. The fourth-order valence-corrected chi connectivity index (χ4v) is 3.88. The number of nitriles is 1. The molecule has 2 aliphatic rings. The van der Waals surface area contributed by atoms with Gasteiger partial charge in [-0.1, -0.05) is 25.7 Å². The van der Waals surface area contributed by atoms with Crippen molar-refractivity contribution >= 4 is 11.6 Å². The van der Waals surface area contributed by atoms with Crippen LogP contribution in [0, 0.1) is 17.1 Å². The van der Waals surface area contributed by atoms with Crippen molar-refractivity contribution in [1.29, 1.82) is 5.26 Å². The van der Waals surface area contributed by atoms with Crippen molar-refractivity contribution in [3.8, 4) is 6.07 Å². The van der Waals surface area contributed by atoms with Crippen LogP contribution in [0.3, 0.4) is 0 Å². The molecular formula is C20H27FN4O. The van der Waals surface area contributed by atoms with Crippen LogP contribution in [0.2, 0.25) is 0 Å². The van der Waals surface area contributed by atoms with Crippen molar-refractivity contribution in [3.05, 3.63) is 29.6 Å². The van der Waals surface area contributed by atoms with Gasteiger partial charge in [0.1, 0.15) is 5.82 Å². The third-order valence-corrected chi connectivity index (χ3v) is 5.38. The van der Waals surface area contributed by atoms with Gasteiger partial charge in [-0.2, -0.15) is 5.26 Å². The van der Waals surface area contributed by atoms with Crippen LogP contribution in [0.5, 0.6) is 0 Å². The number of carbonyl (C=O) groups excluding carboxylic acids is 1. The maximum Gasteiger partial charge on any atom is 0.234 e. The second-order valence-electron chi connectivity index (χ2n) is 7.30. The number of nitrogens with zero attached hydrogens (tertiary/aromatic N) is 3. The molecular weight excluding hydrogens is 331 g/mol. The molecule has 6 heteroatoms. The highest BCUT2D eigenvalue weighted by Gasteiger charge is 2.22. The zero-order chi connectivity index (χ0) is 18.4. The molecule has 1 amide bonds. The number of piperazine rings is 1. The smallest absolute Gasteiger partial charge is 0.234 e. The first-order valence-corrected chi connectivity index (χ1v) is 9.62. The highest BCUT2D eigenvalue weighted by Crippen LogP contribution is 2.22. The molecule has 1 aliphatic carbocycles. The van der Waals surface area contributed by atoms with Gasteiger partial charge in [-0.3, -0.25) is 9.69 Å². The minimum absolute atomic E-state index is 0.106. The van der Waals surface area contributed by atoms with Crippen LogP contribution in [-0.2, 0) is 4.79 Å². The number of amides is 1. The van der Waals surface area contributed by atoms with E-state index in [9.17, 15) is 9.18 Å². The monoisotopic (exact) mass is 358 g/mol. The first-order valence-electron chi connectivity index (χ1n) is 9.62. The summed E-state index contributed by atoms with van der Waals surface area (Å²) in [5.41, 5.74) is 0.867. The Bertz CT molecular complexity index is 656. The third kappa shape index (κ3) is 4.95. The molecule has 3 rings (SSSR count). The van der Waals surface area contributed by atoms with Gasteiger partial charge in [0.05, 0.1) is 23.9 Å². The molecule has 1 aromatic carbocycles. The molecule has 5 nitrogen and oxygen atoms in total. The fraction of sp³-hybridized carbons (Fsp3) is 0.600. The van der Waals surface area contributed by atoms with Gasteiger partial charge in [0.25, 0.3) is 0 Å². The van der Waals surface area contributed by atoms with Crippen molar-refractivity contribution in [2.24, 2.45) is 0 Å². The average Bonchev–Trinajstić information content (AvgIpc) is 2.91. The highest BCUT2D eigenvalue weighted by atomic mass is 19.1. The van der Waals surface area contributed by atoms with Gasteiger partial charge in [0.15, 0.2) is 0 Å². The predicted octanol–water partition coefficient (Wildman–Crippen LogP) is 2.66. The molecule has 1 aromatic rings. The van der Waals surface area contributed by atoms with Crippen LogP contribution < -0.4 is 10.2 Å². The van der Waals surface area contributed by atoms with Gasteiger partial charge in [-0.15, -0.1) is 0 Å². The van der Waals surface area contributed by atoms with E-state index in [2.05, 4.69) is 10.2 Å². The van der Waals surface area contributed by atoms with Crippen LogP contribution in [0.25, 0.3) is 0 Å². The number of benzene rings is 1. The maximum atomic E-state index is 14.2. The lowest BCUT2D eigenvalue weighted by Crippen LogP contribution is -2.50. The van der Waals surface area contributed by atoms with Gasteiger partial charge in [-0.25, -0.2) is 4.39 Å². The maximum absolute atomic E-state index is 14.2. The SMILES string of the molecule is N#Cc1ccc(N2CCN(CC(=O)NC3CCCCCC3)CC2)c(F)c1. The lowest BCUT2D eigenvalue weighted by Gasteiger charge is -2.36. The normalized spacial score (nSPS) is 19.6. The Morgan fingerprint density at radius 1 is 1.15 bits per heavy atom. The molecule has 0 atom stereocenters. The lowest BCUT2D eigenvalue weighted by molar-refractivity contribution is -0.123. The fourth-order valence-electron chi connectivity index (χ4n) is 3.88. The predicted molar refractivity (Wildman–Crippen MR) is 99.4 cm³/mol. The number of carbonyl (C=O) groups is 1. The molecule has 0 aromatic heterocycles. The van der Waals surface area contributed by atoms with E-state index < -0.39 is 0 Å². The van der Waals surface area contributed by atoms with Gasteiger partial charge < -0.3 is 10.2 Å². The van der Waals surface area contributed by atoms with Gasteiger partial charge in [0, 0.05) is 32.2 Å². The Labute approximate surface area is 154 Å². The largest absolute Gasteiger partial charge is 0.367 e. The van der Waals surface area contributed by atoms with E-state index in [4.69, 9.17) is 5.26 Å². The quantitative estimate of drug-likeness (QED) is 0.841. The molecule has 1 saturated carbocycles. The van der Waals surface area contributed by atoms with Crippen LogP contribution >= 0.6 is 0 Å². The number of halogens is 1. The summed E-state index contributed by atoms with van der Waals surface area (Å²) in [5.74, 6) is -0.251. The molecule has 0 spiro atoms. The summed E-state index contributed by atoms with van der Waals surface area (Å²) in [6.07, 6.45) is 7.16. The first kappa shape index (κ1) is 18.7. The second kappa shape index (κ2) is 9.00. The van der Waals surface area contributed by atoms with Crippen molar-refractivity contribution < 1.29 is 9.18 Å². The Hall–Kier alpha value is -2.13. The summed E-state index contributed by atoms with van der Waals surface area (Å²) < 4.78 is 14.2. The number of hydrogen-bond acceptors (Lipinski definition) is 4. The average molecular weight is 358 g/mol. The standard InChI is InChI=1S/C20H27FN4O/c21-18-13-16(14-22)7-8-19(18)25-11-9-24(10-12-25)15-20(26)23-17-5-3-1-2-4-6-17/h7-8,13,17H,1-6,9-12,15H2,(H,23,26). The van der Waals surface area contributed by atoms with E-state index in [1.807, 2.05) is 11.0 Å². The van der Waals surface area contributed by atoms with E-state index in [1.165, 1.54) is 31.7 Å². The molecule has 1 heterocycles. The van der Waals surface area contributed by atoms with E-state index in [-0.39, 0.29) is 11.7 Å². The number of nitrogens with one attached hydrogen (secondary N) is 1. The summed E-state index contributed by atoms with van der Waals surface area (Å²) in [6.45, 7) is 3.24. The molecule has 0 bridgehead atoms. The Balaban J connectivity index is 1.46. The molecule has 1 aliphatic heterocycles. The lowest BCUT2D eigenvalue weighted by atomic mass is 10.1. The topological polar surface area (TPSA) is 59.4 Å². The molecule has 2 fully saturated rings. The number of hydrogen-bond donors (Lipinski definition) is 1. The van der Waals surface area contributed by atoms with Crippen LogP contribution in [0.1, 0.15) is 44.1 Å². The number of rotatable bonds is 4.